The third-order valence-corrected chi connectivity index (χ3v) is 8.07. The number of nitrogens with one attached hydrogen (secondary N) is 1. The Morgan fingerprint density at radius 2 is 1.91 bits per heavy atom. The van der Waals surface area contributed by atoms with Crippen molar-refractivity contribution < 1.29 is 4.79 Å². The van der Waals surface area contributed by atoms with Gasteiger partial charge in [0.2, 0.25) is 0 Å². The van der Waals surface area contributed by atoms with Crippen LogP contribution in [-0.4, -0.2) is 51.6 Å². The first-order valence-corrected chi connectivity index (χ1v) is 12.7. The molecule has 0 bridgehead atoms. The van der Waals surface area contributed by atoms with Crippen LogP contribution in [0.25, 0.3) is 10.9 Å². The Labute approximate surface area is 214 Å². The van der Waals surface area contributed by atoms with Crippen molar-refractivity contribution in [2.24, 2.45) is 12.5 Å². The maximum atomic E-state index is 13.1. The Kier molecular flexibility index (Phi) is 6.75. The van der Waals surface area contributed by atoms with Crippen molar-refractivity contribution in [2.75, 3.05) is 26.2 Å². The minimum atomic E-state index is -0.107. The van der Waals surface area contributed by atoms with Gasteiger partial charge in [0.1, 0.15) is 5.82 Å². The first-order valence-electron chi connectivity index (χ1n) is 12.0. The standard InChI is InChI=1S/C26H29Cl2N5O2/c1-31-23(30-22-6-3-2-5-19(22)24(31)34)14-29-25(35)33-11-4-9-26(17-33)10-12-32(16-26)15-18-7-8-20(27)21(28)13-18/h2-3,5-8,13H,4,9-12,14-17H2,1H3,(H,29,35). The van der Waals surface area contributed by atoms with Crippen LogP contribution in [0.5, 0.6) is 0 Å². The Morgan fingerprint density at radius 1 is 1.09 bits per heavy atom. The summed E-state index contributed by atoms with van der Waals surface area (Å²) in [5, 5.41) is 4.72. The van der Waals surface area contributed by atoms with Crippen molar-refractivity contribution in [3.05, 3.63) is 74.3 Å². The first kappa shape index (κ1) is 24.1. The quantitative estimate of drug-likeness (QED) is 0.559. The highest BCUT2D eigenvalue weighted by Gasteiger charge is 2.42. The lowest BCUT2D eigenvalue weighted by molar-refractivity contribution is 0.107. The molecule has 2 saturated heterocycles. The smallest absolute Gasteiger partial charge is 0.317 e. The van der Waals surface area contributed by atoms with Crippen LogP contribution in [0, 0.1) is 5.41 Å². The third-order valence-electron chi connectivity index (χ3n) is 7.33. The van der Waals surface area contributed by atoms with E-state index in [9.17, 15) is 9.59 Å². The van der Waals surface area contributed by atoms with Gasteiger partial charge in [-0.1, -0.05) is 41.4 Å². The summed E-state index contributed by atoms with van der Waals surface area (Å²) in [6.45, 7) is 4.47. The van der Waals surface area contributed by atoms with Gasteiger partial charge in [0, 0.05) is 38.6 Å². The Bertz CT molecular complexity index is 1330. The summed E-state index contributed by atoms with van der Waals surface area (Å²) >= 11 is 12.2. The van der Waals surface area contributed by atoms with Gasteiger partial charge in [-0.25, -0.2) is 9.78 Å². The van der Waals surface area contributed by atoms with Gasteiger partial charge in [0.05, 0.1) is 27.5 Å². The van der Waals surface area contributed by atoms with Crippen LogP contribution in [0.1, 0.15) is 30.7 Å². The number of likely N-dealkylation sites (tertiary alicyclic amines) is 2. The summed E-state index contributed by atoms with van der Waals surface area (Å²) in [5.41, 5.74) is 1.80. The predicted octanol–water partition coefficient (Wildman–Crippen LogP) is 4.44. The number of piperidine rings is 1. The van der Waals surface area contributed by atoms with Crippen molar-refractivity contribution >= 4 is 40.1 Å². The van der Waals surface area contributed by atoms with Crippen molar-refractivity contribution in [2.45, 2.75) is 32.4 Å². The molecule has 0 saturated carbocycles. The summed E-state index contributed by atoms with van der Waals surface area (Å²) in [6, 6.07) is 13.0. The minimum Gasteiger partial charge on any atom is -0.331 e. The zero-order valence-corrected chi connectivity index (χ0v) is 21.3. The van der Waals surface area contributed by atoms with E-state index in [0.717, 1.165) is 57.5 Å². The summed E-state index contributed by atoms with van der Waals surface area (Å²) in [4.78, 5) is 34.7. The molecular weight excluding hydrogens is 485 g/mol. The SMILES string of the molecule is Cn1c(CNC(=O)N2CCCC3(CCN(Cc4ccc(Cl)c(Cl)c4)C3)C2)nc2ccccc2c1=O. The second-order valence-electron chi connectivity index (χ2n) is 9.80. The highest BCUT2D eigenvalue weighted by molar-refractivity contribution is 6.42. The molecule has 2 aliphatic rings. The predicted molar refractivity (Wildman–Crippen MR) is 139 cm³/mol. The highest BCUT2D eigenvalue weighted by atomic mass is 35.5. The molecule has 0 radical (unpaired) electrons. The van der Waals surface area contributed by atoms with Crippen molar-refractivity contribution in [1.82, 2.24) is 24.7 Å². The van der Waals surface area contributed by atoms with Gasteiger partial charge in [0.15, 0.2) is 0 Å². The van der Waals surface area contributed by atoms with Gasteiger partial charge >= 0.3 is 6.03 Å². The van der Waals surface area contributed by atoms with Gasteiger partial charge in [-0.05, 0) is 55.6 Å². The largest absolute Gasteiger partial charge is 0.331 e. The van der Waals surface area contributed by atoms with Crippen LogP contribution in [0.3, 0.4) is 0 Å². The number of halogens is 2. The van der Waals surface area contributed by atoms with Gasteiger partial charge in [-0.2, -0.15) is 0 Å². The van der Waals surface area contributed by atoms with Crippen molar-refractivity contribution in [3.63, 3.8) is 0 Å². The second kappa shape index (κ2) is 9.80. The molecule has 2 aliphatic heterocycles. The van der Waals surface area contributed by atoms with Gasteiger partial charge in [-0.3, -0.25) is 14.3 Å². The molecule has 1 spiro atoms. The van der Waals surface area contributed by atoms with E-state index in [0.29, 0.717) is 26.8 Å². The fourth-order valence-corrected chi connectivity index (χ4v) is 5.78. The van der Waals surface area contributed by atoms with E-state index >= 15 is 0 Å². The molecule has 2 aromatic carbocycles. The van der Waals surface area contributed by atoms with Crippen molar-refractivity contribution in [3.8, 4) is 0 Å². The molecule has 5 rings (SSSR count). The number of rotatable bonds is 4. The van der Waals surface area contributed by atoms with E-state index in [1.54, 1.807) is 13.1 Å². The molecule has 0 aliphatic carbocycles. The molecule has 35 heavy (non-hydrogen) atoms. The Hall–Kier alpha value is -2.61. The Morgan fingerprint density at radius 3 is 2.74 bits per heavy atom. The molecule has 9 heteroatoms. The number of benzene rings is 2. The van der Waals surface area contributed by atoms with Crippen molar-refractivity contribution in [1.29, 1.82) is 0 Å². The van der Waals surface area contributed by atoms with Gasteiger partial charge < -0.3 is 10.2 Å². The van der Waals surface area contributed by atoms with E-state index in [2.05, 4.69) is 15.2 Å². The number of urea groups is 1. The summed E-state index contributed by atoms with van der Waals surface area (Å²) < 4.78 is 1.51. The number of hydrogen-bond acceptors (Lipinski definition) is 4. The lowest BCUT2D eigenvalue weighted by Gasteiger charge is -2.40. The van der Waals surface area contributed by atoms with Gasteiger partial charge in [-0.15, -0.1) is 0 Å². The molecule has 184 valence electrons. The molecule has 3 heterocycles. The zero-order chi connectivity index (χ0) is 24.6. The minimum absolute atomic E-state index is 0.102. The maximum absolute atomic E-state index is 13.1. The van der Waals surface area contributed by atoms with Crippen LogP contribution in [0.15, 0.2) is 47.3 Å². The molecule has 1 N–H and O–H groups in total. The van der Waals surface area contributed by atoms with E-state index in [1.165, 1.54) is 4.57 Å². The first-order chi connectivity index (χ1) is 16.8. The molecule has 3 aromatic rings. The molecule has 2 fully saturated rings. The van der Waals surface area contributed by atoms with E-state index < -0.39 is 0 Å². The average molecular weight is 514 g/mol. The number of hydrogen-bond donors (Lipinski definition) is 1. The van der Waals surface area contributed by atoms with Crippen LogP contribution in [0.4, 0.5) is 4.79 Å². The fraction of sp³-hybridized carbons (Fsp3) is 0.423. The third kappa shape index (κ3) is 5.03. The van der Waals surface area contributed by atoms with Crippen LogP contribution < -0.4 is 10.9 Å². The number of fused-ring (bicyclic) bond motifs is 1. The summed E-state index contributed by atoms with van der Waals surface area (Å²) in [6.07, 6.45) is 3.18. The lowest BCUT2D eigenvalue weighted by Crippen LogP contribution is -2.50. The zero-order valence-electron chi connectivity index (χ0n) is 19.8. The second-order valence-corrected chi connectivity index (χ2v) is 10.6. The number of amides is 2. The number of carbonyl (C=O) groups excluding carboxylic acids is 1. The Balaban J connectivity index is 1.21. The van der Waals surface area contributed by atoms with E-state index in [1.807, 2.05) is 41.3 Å². The molecular formula is C26H29Cl2N5O2. The number of carbonyl (C=O) groups is 1. The highest BCUT2D eigenvalue weighted by Crippen LogP contribution is 2.39. The average Bonchev–Trinajstić information content (AvgIpc) is 3.23. The fourth-order valence-electron chi connectivity index (χ4n) is 5.46. The molecule has 1 aromatic heterocycles. The van der Waals surface area contributed by atoms with Crippen LogP contribution >= 0.6 is 23.2 Å². The van der Waals surface area contributed by atoms with E-state index in [-0.39, 0.29) is 23.6 Å². The summed E-state index contributed by atoms with van der Waals surface area (Å²) in [7, 11) is 1.69. The monoisotopic (exact) mass is 513 g/mol. The molecule has 1 atom stereocenters. The van der Waals surface area contributed by atoms with Crippen LogP contribution in [-0.2, 0) is 20.1 Å². The van der Waals surface area contributed by atoms with E-state index in [4.69, 9.17) is 23.2 Å². The van der Waals surface area contributed by atoms with Crippen LogP contribution in [0.2, 0.25) is 10.0 Å². The molecule has 1 unspecified atom stereocenters. The molecule has 7 nitrogen and oxygen atoms in total. The topological polar surface area (TPSA) is 70.5 Å². The molecule has 2 amide bonds. The lowest BCUT2D eigenvalue weighted by atomic mass is 9.79. The summed E-state index contributed by atoms with van der Waals surface area (Å²) in [5.74, 6) is 0.544. The number of nitrogens with zero attached hydrogens (tertiary/aromatic N) is 4. The maximum Gasteiger partial charge on any atom is 0.317 e. The number of aromatic nitrogens is 2. The number of para-hydroxylation sites is 1. The van der Waals surface area contributed by atoms with Gasteiger partial charge in [0.25, 0.3) is 5.56 Å². The normalized spacial score (nSPS) is 20.6.